The van der Waals surface area contributed by atoms with Crippen LogP contribution in [0.25, 0.3) is 16.5 Å². The number of carbonyl (C=O) groups excluding carboxylic acids is 4. The molecular weight excluding hydrogens is 843 g/mol. The van der Waals surface area contributed by atoms with Crippen LogP contribution in [0.5, 0.6) is 0 Å². The molecule has 2 atom stereocenters. The summed E-state index contributed by atoms with van der Waals surface area (Å²) in [4.78, 5) is 67.2. The number of pyridine rings is 1. The second-order valence-electron chi connectivity index (χ2n) is 16.0. The highest BCUT2D eigenvalue weighted by atomic mass is 35.5. The Labute approximate surface area is 355 Å². The van der Waals surface area contributed by atoms with Gasteiger partial charge in [-0.3, -0.25) is 19.5 Å². The summed E-state index contributed by atoms with van der Waals surface area (Å²) in [5.41, 5.74) is -3.94. The van der Waals surface area contributed by atoms with Gasteiger partial charge in [0.25, 0.3) is 12.3 Å². The number of aromatic nitrogens is 4. The number of rotatable bonds is 12. The monoisotopic (exact) mass is 880 g/mol. The van der Waals surface area contributed by atoms with Crippen LogP contribution in [0.1, 0.15) is 85.5 Å². The van der Waals surface area contributed by atoms with E-state index in [2.05, 4.69) is 25.4 Å². The Balaban J connectivity index is 1.39. The van der Waals surface area contributed by atoms with Gasteiger partial charge < -0.3 is 20.1 Å². The third kappa shape index (κ3) is 8.79. The molecule has 0 spiro atoms. The predicted molar refractivity (Wildman–Crippen MR) is 213 cm³/mol. The molecule has 3 heterocycles. The maximum atomic E-state index is 15.6. The molecule has 0 radical (unpaired) electrons. The number of carbonyl (C=O) groups is 4. The van der Waals surface area contributed by atoms with Gasteiger partial charge in [-0.1, -0.05) is 80.9 Å². The molecule has 0 bridgehead atoms. The molecule has 2 aliphatic rings. The largest absolute Gasteiger partial charge is 0.447 e. The Bertz CT molecular complexity index is 2560. The smallest absolute Gasteiger partial charge is 0.437 e. The molecule has 3 amide bonds. The number of aldehydes is 1. The Kier molecular flexibility index (Phi) is 11.8. The van der Waals surface area contributed by atoms with Gasteiger partial charge in [0.15, 0.2) is 12.1 Å². The quantitative estimate of drug-likeness (QED) is 0.0915. The van der Waals surface area contributed by atoms with E-state index in [1.54, 1.807) is 54.6 Å². The van der Waals surface area contributed by atoms with Gasteiger partial charge in [0, 0.05) is 11.6 Å². The topological polar surface area (TPSA) is 170 Å². The number of fused-ring (bicyclic) bond motifs is 1. The average molecular weight is 881 g/mol. The van der Waals surface area contributed by atoms with Gasteiger partial charge in [0.05, 0.1) is 16.8 Å². The standard InChI is InChI=1S/C42H38ClF5N8O6/c1-39(2,3)22-41(27-10-11-28-25(17-27)13-16-49-30(28)19-57)35(58)55(36(53-41)52-37(59)61-20-24-7-5-4-6-8-24)32(21-62-38(60)54-40(14-15-40)42(46,47)48)26-9-12-29(43)31(18-26)56-34(33(44)45)50-23-51-56/h4-13,16-19,23,32-33H,14-15,20-22H2,1-3H3,(H,54,60)(H,52,53,59)/t32-,41-/m1/s1. The van der Waals surface area contributed by atoms with Crippen molar-refractivity contribution in [1.29, 1.82) is 0 Å². The van der Waals surface area contributed by atoms with Crippen molar-refractivity contribution in [2.75, 3.05) is 6.61 Å². The van der Waals surface area contributed by atoms with E-state index >= 15 is 4.79 Å². The van der Waals surface area contributed by atoms with Crippen LogP contribution in [-0.4, -0.2) is 73.3 Å². The lowest BCUT2D eigenvalue weighted by Crippen LogP contribution is -2.49. The van der Waals surface area contributed by atoms with E-state index in [1.165, 1.54) is 24.4 Å². The molecule has 20 heteroatoms. The van der Waals surface area contributed by atoms with Crippen LogP contribution in [0, 0.1) is 5.41 Å². The molecule has 3 aromatic carbocycles. The normalized spacial score (nSPS) is 18.5. The minimum atomic E-state index is -4.79. The number of ether oxygens (including phenoxy) is 2. The number of amides is 3. The molecule has 7 rings (SSSR count). The molecule has 0 unspecified atom stereocenters. The molecule has 324 valence electrons. The predicted octanol–water partition coefficient (Wildman–Crippen LogP) is 8.54. The van der Waals surface area contributed by atoms with Crippen molar-refractivity contribution in [3.63, 3.8) is 0 Å². The van der Waals surface area contributed by atoms with Crippen molar-refractivity contribution in [2.24, 2.45) is 10.4 Å². The van der Waals surface area contributed by atoms with Gasteiger partial charge in [0.2, 0.25) is 5.96 Å². The molecule has 5 aromatic rings. The van der Waals surface area contributed by atoms with Crippen molar-refractivity contribution in [3.05, 3.63) is 119 Å². The first-order valence-corrected chi connectivity index (χ1v) is 19.5. The number of aliphatic imine (C=N–C) groups is 1. The summed E-state index contributed by atoms with van der Waals surface area (Å²) < 4.78 is 81.6. The Morgan fingerprint density at radius 2 is 1.76 bits per heavy atom. The molecule has 62 heavy (non-hydrogen) atoms. The Hall–Kier alpha value is -6.50. The van der Waals surface area contributed by atoms with Gasteiger partial charge in [0.1, 0.15) is 36.3 Å². The SMILES string of the molecule is CC(C)(C)C[C@]1(c2ccc3c(C=O)nccc3c2)NC(=NC(=O)OCc2ccccc2)N([C@H](COC(=O)NC2(C(F)(F)F)CC2)c2ccc(Cl)c(-n3ncnc3C(F)F)c2)C1=O. The Morgan fingerprint density at radius 3 is 2.42 bits per heavy atom. The van der Waals surface area contributed by atoms with Crippen molar-refractivity contribution < 1.29 is 50.6 Å². The molecule has 1 saturated carbocycles. The molecule has 14 nitrogen and oxygen atoms in total. The van der Waals surface area contributed by atoms with E-state index in [1.807, 2.05) is 26.1 Å². The first kappa shape index (κ1) is 43.6. The van der Waals surface area contributed by atoms with Crippen molar-refractivity contribution in [3.8, 4) is 5.69 Å². The summed E-state index contributed by atoms with van der Waals surface area (Å²) in [5.74, 6) is -1.96. The minimum absolute atomic E-state index is 0.0231. The van der Waals surface area contributed by atoms with Crippen molar-refractivity contribution in [1.82, 2.24) is 35.3 Å². The minimum Gasteiger partial charge on any atom is -0.447 e. The molecule has 2 fully saturated rings. The van der Waals surface area contributed by atoms with Crippen molar-refractivity contribution >= 4 is 52.7 Å². The first-order valence-electron chi connectivity index (χ1n) is 19.1. The summed E-state index contributed by atoms with van der Waals surface area (Å²) in [6, 6.07) is 17.6. The molecule has 1 saturated heterocycles. The number of benzene rings is 3. The van der Waals surface area contributed by atoms with E-state index in [-0.39, 0.29) is 47.8 Å². The summed E-state index contributed by atoms with van der Waals surface area (Å²) in [6.45, 7) is 4.50. The third-order valence-corrected chi connectivity index (χ3v) is 10.7. The third-order valence-electron chi connectivity index (χ3n) is 10.4. The van der Waals surface area contributed by atoms with Gasteiger partial charge in [-0.15, -0.1) is 4.99 Å². The maximum Gasteiger partial charge on any atom is 0.437 e. The van der Waals surface area contributed by atoms with E-state index in [0.29, 0.717) is 28.2 Å². The summed E-state index contributed by atoms with van der Waals surface area (Å²) >= 11 is 6.52. The molecule has 1 aliphatic carbocycles. The fourth-order valence-corrected chi connectivity index (χ4v) is 7.58. The van der Waals surface area contributed by atoms with E-state index in [0.717, 1.165) is 15.9 Å². The van der Waals surface area contributed by atoms with E-state index in [9.17, 15) is 36.3 Å². The first-order chi connectivity index (χ1) is 29.3. The zero-order valence-corrected chi connectivity index (χ0v) is 34.0. The van der Waals surface area contributed by atoms with Crippen LogP contribution in [0.4, 0.5) is 31.5 Å². The lowest BCUT2D eigenvalue weighted by Gasteiger charge is -2.35. The van der Waals surface area contributed by atoms with Crippen LogP contribution in [-0.2, 0) is 26.4 Å². The van der Waals surface area contributed by atoms with Crippen LogP contribution in [0.2, 0.25) is 5.02 Å². The van der Waals surface area contributed by atoms with E-state index < -0.39 is 71.6 Å². The lowest BCUT2D eigenvalue weighted by molar-refractivity contribution is -0.164. The molecular formula is C42H38ClF5N8O6. The van der Waals surface area contributed by atoms with Crippen LogP contribution in [0.15, 0.2) is 90.3 Å². The summed E-state index contributed by atoms with van der Waals surface area (Å²) in [6.07, 6.45) is -8.38. The zero-order chi connectivity index (χ0) is 44.6. The lowest BCUT2D eigenvalue weighted by atomic mass is 9.75. The number of nitrogens with one attached hydrogen (secondary N) is 2. The Morgan fingerprint density at radius 1 is 1.02 bits per heavy atom. The average Bonchev–Trinajstić information content (AvgIpc) is 3.76. The number of alkyl carbamates (subject to hydrolysis) is 1. The molecule has 1 aliphatic heterocycles. The van der Waals surface area contributed by atoms with E-state index in [4.69, 9.17) is 21.1 Å². The van der Waals surface area contributed by atoms with Crippen LogP contribution >= 0.6 is 11.6 Å². The van der Waals surface area contributed by atoms with Gasteiger partial charge in [-0.05, 0) is 71.0 Å². The van der Waals surface area contributed by atoms with Crippen LogP contribution in [0.3, 0.4) is 0 Å². The number of guanidine groups is 1. The zero-order valence-electron chi connectivity index (χ0n) is 33.3. The van der Waals surface area contributed by atoms with Crippen LogP contribution < -0.4 is 10.6 Å². The summed E-state index contributed by atoms with van der Waals surface area (Å²) in [5, 5.41) is 9.87. The number of hydrogen-bond donors (Lipinski definition) is 2. The fourth-order valence-electron chi connectivity index (χ4n) is 7.38. The second kappa shape index (κ2) is 16.8. The number of nitrogens with zero attached hydrogens (tertiary/aromatic N) is 6. The highest BCUT2D eigenvalue weighted by molar-refractivity contribution is 6.32. The highest BCUT2D eigenvalue weighted by Crippen LogP contribution is 2.49. The number of alkyl halides is 5. The van der Waals surface area contributed by atoms with Gasteiger partial charge in [-0.2, -0.15) is 18.3 Å². The summed E-state index contributed by atoms with van der Waals surface area (Å²) in [7, 11) is 0. The molecule has 2 aromatic heterocycles. The van der Waals surface area contributed by atoms with Gasteiger partial charge in [-0.25, -0.2) is 28.0 Å². The number of hydrogen-bond acceptors (Lipinski definition) is 9. The fraction of sp³-hybridized carbons (Fsp3) is 0.333. The van der Waals surface area contributed by atoms with Gasteiger partial charge >= 0.3 is 18.4 Å². The molecule has 2 N–H and O–H groups in total. The number of halogens is 6. The van der Waals surface area contributed by atoms with Crippen molar-refractivity contribution in [2.45, 2.75) is 76.4 Å². The highest BCUT2D eigenvalue weighted by Gasteiger charge is 2.65. The maximum absolute atomic E-state index is 15.6. The second-order valence-corrected chi connectivity index (χ2v) is 16.4.